The summed E-state index contributed by atoms with van der Waals surface area (Å²) in [6, 6.07) is 9.05. The topological polar surface area (TPSA) is 89.2 Å². The fourth-order valence-electron chi connectivity index (χ4n) is 2.93. The zero-order valence-corrected chi connectivity index (χ0v) is 15.3. The lowest BCUT2D eigenvalue weighted by Gasteiger charge is -2.36. The molecule has 4 rings (SSSR count). The molecule has 3 aromatic rings. The van der Waals surface area contributed by atoms with Crippen molar-refractivity contribution in [2.45, 2.75) is 24.7 Å². The lowest BCUT2D eigenvalue weighted by Crippen LogP contribution is -2.48. The predicted molar refractivity (Wildman–Crippen MR) is 94.9 cm³/mol. The molecule has 0 bridgehead atoms. The Morgan fingerprint density at radius 1 is 1.12 bits per heavy atom. The summed E-state index contributed by atoms with van der Waals surface area (Å²) in [7, 11) is -3.51. The third-order valence-electron chi connectivity index (χ3n) is 4.54. The largest absolute Gasteiger partial charge is 0.339 e. The molecule has 1 saturated heterocycles. The number of benzene rings is 1. The third-order valence-corrected chi connectivity index (χ3v) is 6.51. The Hall–Kier alpha value is -2.58. The molecule has 1 aromatic carbocycles. The van der Waals surface area contributed by atoms with Gasteiger partial charge in [-0.1, -0.05) is 17.3 Å². The summed E-state index contributed by atoms with van der Waals surface area (Å²) in [6.07, 6.45) is 3.32. The van der Waals surface area contributed by atoms with Crippen LogP contribution in [0.1, 0.15) is 22.9 Å². The molecular weight excluding hydrogens is 352 g/mol. The van der Waals surface area contributed by atoms with E-state index < -0.39 is 10.0 Å². The summed E-state index contributed by atoms with van der Waals surface area (Å²) in [4.78, 5) is 8.72. The molecule has 0 amide bonds. The Morgan fingerprint density at radius 2 is 1.85 bits per heavy atom. The summed E-state index contributed by atoms with van der Waals surface area (Å²) in [5.74, 6) is 0.862. The van der Waals surface area contributed by atoms with Gasteiger partial charge in [-0.2, -0.15) is 9.29 Å². The Bertz CT molecular complexity index is 1040. The molecule has 1 fully saturated rings. The van der Waals surface area contributed by atoms with Gasteiger partial charge in [-0.05, 0) is 43.2 Å². The minimum atomic E-state index is -3.51. The van der Waals surface area contributed by atoms with Gasteiger partial charge in [0.15, 0.2) is 0 Å². The van der Waals surface area contributed by atoms with Crippen LogP contribution in [-0.2, 0) is 10.0 Å². The summed E-state index contributed by atoms with van der Waals surface area (Å²) < 4.78 is 32.5. The molecule has 0 radical (unpaired) electrons. The highest BCUT2D eigenvalue weighted by Crippen LogP contribution is 2.33. The van der Waals surface area contributed by atoms with Crippen molar-refractivity contribution in [3.8, 4) is 11.4 Å². The van der Waals surface area contributed by atoms with Gasteiger partial charge in [-0.3, -0.25) is 4.98 Å². The fraction of sp³-hybridized carbons (Fsp3) is 0.278. The van der Waals surface area contributed by atoms with E-state index in [9.17, 15) is 8.42 Å². The number of hydrogen-bond donors (Lipinski definition) is 0. The van der Waals surface area contributed by atoms with Crippen molar-refractivity contribution in [3.05, 3.63) is 59.7 Å². The SMILES string of the molecule is Cc1ccc(C)c(S(=O)(=O)N2CC(c3nc(-c4ccncc4)no3)C2)c1. The van der Waals surface area contributed by atoms with Crippen LogP contribution in [0.2, 0.25) is 0 Å². The first-order chi connectivity index (χ1) is 12.4. The van der Waals surface area contributed by atoms with Crippen LogP contribution >= 0.6 is 0 Å². The van der Waals surface area contributed by atoms with Gasteiger partial charge in [0.1, 0.15) is 0 Å². The molecule has 0 atom stereocenters. The van der Waals surface area contributed by atoms with Gasteiger partial charge < -0.3 is 4.52 Å². The zero-order valence-electron chi connectivity index (χ0n) is 14.5. The van der Waals surface area contributed by atoms with Crippen LogP contribution in [0, 0.1) is 13.8 Å². The molecule has 2 aromatic heterocycles. The van der Waals surface area contributed by atoms with Crippen LogP contribution in [0.4, 0.5) is 0 Å². The second-order valence-corrected chi connectivity index (χ2v) is 8.39. The van der Waals surface area contributed by atoms with E-state index in [1.54, 1.807) is 30.6 Å². The molecule has 3 heterocycles. The van der Waals surface area contributed by atoms with Gasteiger partial charge in [-0.15, -0.1) is 0 Å². The molecule has 8 heteroatoms. The van der Waals surface area contributed by atoms with Gasteiger partial charge in [0.25, 0.3) is 0 Å². The lowest BCUT2D eigenvalue weighted by atomic mass is 10.0. The predicted octanol–water partition coefficient (Wildman–Crippen LogP) is 2.54. The van der Waals surface area contributed by atoms with Crippen molar-refractivity contribution in [3.63, 3.8) is 0 Å². The van der Waals surface area contributed by atoms with E-state index in [0.717, 1.165) is 16.7 Å². The number of pyridine rings is 1. The Labute approximate surface area is 151 Å². The Morgan fingerprint density at radius 3 is 2.58 bits per heavy atom. The van der Waals surface area contributed by atoms with Crippen molar-refractivity contribution in [1.29, 1.82) is 0 Å². The van der Waals surface area contributed by atoms with Gasteiger partial charge >= 0.3 is 0 Å². The summed E-state index contributed by atoms with van der Waals surface area (Å²) in [5, 5.41) is 3.98. The first kappa shape index (κ1) is 16.9. The second kappa shape index (κ2) is 6.30. The molecule has 134 valence electrons. The number of aromatic nitrogens is 3. The van der Waals surface area contributed by atoms with Gasteiger partial charge in [0.05, 0.1) is 10.8 Å². The fourth-order valence-corrected chi connectivity index (χ4v) is 4.77. The number of sulfonamides is 1. The number of rotatable bonds is 4. The maximum Gasteiger partial charge on any atom is 0.243 e. The summed E-state index contributed by atoms with van der Waals surface area (Å²) >= 11 is 0. The third kappa shape index (κ3) is 2.91. The Kier molecular flexibility index (Phi) is 4.08. The quantitative estimate of drug-likeness (QED) is 0.701. The van der Waals surface area contributed by atoms with Crippen LogP contribution in [0.5, 0.6) is 0 Å². The van der Waals surface area contributed by atoms with Crippen LogP contribution in [0.15, 0.2) is 52.1 Å². The van der Waals surface area contributed by atoms with E-state index in [0.29, 0.717) is 29.7 Å². The standard InChI is InChI=1S/C18H18N4O3S/c1-12-3-4-13(2)16(9-12)26(23,24)22-10-15(11-22)18-20-17(21-25-18)14-5-7-19-8-6-14/h3-9,15H,10-11H2,1-2H3. The minimum Gasteiger partial charge on any atom is -0.339 e. The minimum absolute atomic E-state index is 0.0852. The van der Waals surface area contributed by atoms with Crippen molar-refractivity contribution in [1.82, 2.24) is 19.4 Å². The van der Waals surface area contributed by atoms with E-state index in [2.05, 4.69) is 15.1 Å². The number of nitrogens with zero attached hydrogens (tertiary/aromatic N) is 4. The van der Waals surface area contributed by atoms with E-state index >= 15 is 0 Å². The van der Waals surface area contributed by atoms with Gasteiger partial charge in [0, 0.05) is 31.0 Å². The van der Waals surface area contributed by atoms with E-state index in [1.165, 1.54) is 4.31 Å². The first-order valence-electron chi connectivity index (χ1n) is 8.26. The van der Waals surface area contributed by atoms with Crippen LogP contribution in [-0.4, -0.2) is 40.9 Å². The van der Waals surface area contributed by atoms with Gasteiger partial charge in [0.2, 0.25) is 21.7 Å². The van der Waals surface area contributed by atoms with Crippen molar-refractivity contribution in [2.75, 3.05) is 13.1 Å². The average molecular weight is 370 g/mol. The second-order valence-electron chi connectivity index (χ2n) is 6.48. The summed E-state index contributed by atoms with van der Waals surface area (Å²) in [5.41, 5.74) is 2.48. The van der Waals surface area contributed by atoms with E-state index in [4.69, 9.17) is 4.52 Å². The van der Waals surface area contributed by atoms with Crippen LogP contribution < -0.4 is 0 Å². The highest BCUT2D eigenvalue weighted by molar-refractivity contribution is 7.89. The zero-order chi connectivity index (χ0) is 18.3. The highest BCUT2D eigenvalue weighted by atomic mass is 32.2. The molecule has 7 nitrogen and oxygen atoms in total. The van der Waals surface area contributed by atoms with Crippen molar-refractivity contribution < 1.29 is 12.9 Å². The average Bonchev–Trinajstić information content (AvgIpc) is 3.06. The van der Waals surface area contributed by atoms with Gasteiger partial charge in [-0.25, -0.2) is 8.42 Å². The summed E-state index contributed by atoms with van der Waals surface area (Å²) in [6.45, 7) is 4.38. The maximum atomic E-state index is 12.8. The van der Waals surface area contributed by atoms with Crippen molar-refractivity contribution >= 4 is 10.0 Å². The molecule has 0 spiro atoms. The molecule has 1 aliphatic heterocycles. The molecule has 0 unspecified atom stereocenters. The molecule has 1 aliphatic rings. The first-order valence-corrected chi connectivity index (χ1v) is 9.70. The monoisotopic (exact) mass is 370 g/mol. The van der Waals surface area contributed by atoms with Crippen LogP contribution in [0.3, 0.4) is 0 Å². The lowest BCUT2D eigenvalue weighted by molar-refractivity contribution is 0.216. The molecule has 0 N–H and O–H groups in total. The molecular formula is C18H18N4O3S. The highest BCUT2D eigenvalue weighted by Gasteiger charge is 2.40. The molecule has 26 heavy (non-hydrogen) atoms. The van der Waals surface area contributed by atoms with Crippen molar-refractivity contribution in [2.24, 2.45) is 0 Å². The normalized spacial score (nSPS) is 15.8. The maximum absolute atomic E-state index is 12.8. The number of aryl methyl sites for hydroxylation is 2. The van der Waals surface area contributed by atoms with Crippen LogP contribution in [0.25, 0.3) is 11.4 Å². The molecule has 0 aliphatic carbocycles. The van der Waals surface area contributed by atoms with E-state index in [1.807, 2.05) is 26.0 Å². The van der Waals surface area contributed by atoms with E-state index in [-0.39, 0.29) is 5.92 Å². The smallest absolute Gasteiger partial charge is 0.243 e. The number of hydrogen-bond acceptors (Lipinski definition) is 6. The Balaban J connectivity index is 1.50. The molecule has 0 saturated carbocycles.